The number of aromatic hydroxyl groups is 1. The van der Waals surface area contributed by atoms with Crippen molar-refractivity contribution in [1.29, 1.82) is 0 Å². The van der Waals surface area contributed by atoms with Gasteiger partial charge >= 0.3 is 0 Å². The van der Waals surface area contributed by atoms with Crippen molar-refractivity contribution in [3.8, 4) is 5.75 Å². The molecule has 2 fully saturated rings. The van der Waals surface area contributed by atoms with Crippen molar-refractivity contribution in [2.24, 2.45) is 11.8 Å². The minimum Gasteiger partial charge on any atom is -0.507 e. The fourth-order valence-electron chi connectivity index (χ4n) is 4.88. The molecule has 0 radical (unpaired) electrons. The topological polar surface area (TPSA) is 43.8 Å². The predicted octanol–water partition coefficient (Wildman–Crippen LogP) is 4.72. The van der Waals surface area contributed by atoms with Gasteiger partial charge in [0.15, 0.2) is 0 Å². The van der Waals surface area contributed by atoms with Crippen LogP contribution in [0, 0.1) is 11.8 Å². The van der Waals surface area contributed by atoms with Crippen LogP contribution in [0.25, 0.3) is 0 Å². The van der Waals surface area contributed by atoms with Crippen molar-refractivity contribution >= 4 is 5.91 Å². The Labute approximate surface area is 177 Å². The van der Waals surface area contributed by atoms with Crippen LogP contribution in [-0.4, -0.2) is 47.0 Å². The van der Waals surface area contributed by atoms with E-state index in [4.69, 9.17) is 0 Å². The van der Waals surface area contributed by atoms with Gasteiger partial charge in [-0.15, -0.1) is 0 Å². The van der Waals surface area contributed by atoms with Gasteiger partial charge < -0.3 is 10.0 Å². The van der Waals surface area contributed by atoms with Gasteiger partial charge in [-0.05, 0) is 67.7 Å². The summed E-state index contributed by atoms with van der Waals surface area (Å²) in [5.41, 5.74) is 3.28. The van der Waals surface area contributed by atoms with Crippen molar-refractivity contribution in [1.82, 2.24) is 9.80 Å². The van der Waals surface area contributed by atoms with Crippen LogP contribution in [0.4, 0.5) is 0 Å². The summed E-state index contributed by atoms with van der Waals surface area (Å²) in [6.07, 6.45) is 5.24. The maximum atomic E-state index is 12.9. The van der Waals surface area contributed by atoms with Crippen LogP contribution in [-0.2, 0) is 23.2 Å². The van der Waals surface area contributed by atoms with Gasteiger partial charge in [0.25, 0.3) is 0 Å². The molecule has 2 saturated heterocycles. The van der Waals surface area contributed by atoms with E-state index in [1.165, 1.54) is 12.0 Å². The van der Waals surface area contributed by atoms with Gasteiger partial charge in [0.05, 0.1) is 0 Å². The standard InChI is InChI=1S/C25H40N2O2/c1-6-19-14-21(23(28)22(15-19)25(3,4)5)17-26-12-9-20(10-13-26)24(29)27-11-7-8-18(2)16-27/h14-15,18,20,28H,6-13,16-17H2,1-5H3. The number of carbonyl (C=O) groups is 1. The molecule has 1 N–H and O–H groups in total. The van der Waals surface area contributed by atoms with Crippen LogP contribution in [0.3, 0.4) is 0 Å². The van der Waals surface area contributed by atoms with Gasteiger partial charge in [-0.1, -0.05) is 46.8 Å². The molecule has 1 amide bonds. The second-order valence-corrected chi connectivity index (χ2v) is 10.3. The van der Waals surface area contributed by atoms with Crippen LogP contribution < -0.4 is 0 Å². The number of hydrogen-bond acceptors (Lipinski definition) is 3. The lowest BCUT2D eigenvalue weighted by Crippen LogP contribution is -2.45. The molecule has 0 bridgehead atoms. The zero-order chi connectivity index (χ0) is 21.2. The van der Waals surface area contributed by atoms with Crippen molar-refractivity contribution in [2.75, 3.05) is 26.2 Å². The Hall–Kier alpha value is -1.55. The van der Waals surface area contributed by atoms with Crippen molar-refractivity contribution in [2.45, 2.75) is 78.7 Å². The van der Waals surface area contributed by atoms with Crippen LogP contribution >= 0.6 is 0 Å². The van der Waals surface area contributed by atoms with Gasteiger partial charge in [0.1, 0.15) is 5.75 Å². The normalized spacial score (nSPS) is 22.1. The van der Waals surface area contributed by atoms with Gasteiger partial charge in [-0.3, -0.25) is 9.69 Å². The molecule has 2 aliphatic heterocycles. The van der Waals surface area contributed by atoms with Crippen LogP contribution in [0.15, 0.2) is 12.1 Å². The highest BCUT2D eigenvalue weighted by Crippen LogP contribution is 2.36. The molecular weight excluding hydrogens is 360 g/mol. The Morgan fingerprint density at radius 3 is 2.41 bits per heavy atom. The van der Waals surface area contributed by atoms with E-state index in [0.717, 1.165) is 69.5 Å². The highest BCUT2D eigenvalue weighted by molar-refractivity contribution is 5.79. The number of benzene rings is 1. The average Bonchev–Trinajstić information content (AvgIpc) is 2.68. The summed E-state index contributed by atoms with van der Waals surface area (Å²) in [5.74, 6) is 1.65. The first kappa shape index (κ1) is 22.1. The summed E-state index contributed by atoms with van der Waals surface area (Å²) < 4.78 is 0. The lowest BCUT2D eigenvalue weighted by Gasteiger charge is -2.37. The molecule has 0 aliphatic carbocycles. The minimum absolute atomic E-state index is 0.0744. The fourth-order valence-corrected chi connectivity index (χ4v) is 4.88. The van der Waals surface area contributed by atoms with E-state index in [9.17, 15) is 9.90 Å². The summed E-state index contributed by atoms with van der Waals surface area (Å²) in [7, 11) is 0. The molecular formula is C25H40N2O2. The Kier molecular flexibility index (Phi) is 6.93. The smallest absolute Gasteiger partial charge is 0.225 e. The van der Waals surface area contributed by atoms with Crippen LogP contribution in [0.5, 0.6) is 5.75 Å². The number of carbonyl (C=O) groups excluding carboxylic acids is 1. The zero-order valence-corrected chi connectivity index (χ0v) is 19.1. The molecule has 162 valence electrons. The fraction of sp³-hybridized carbons (Fsp3) is 0.720. The lowest BCUT2D eigenvalue weighted by atomic mass is 9.83. The van der Waals surface area contributed by atoms with E-state index in [0.29, 0.717) is 17.6 Å². The molecule has 0 aromatic heterocycles. The molecule has 1 aromatic carbocycles. The third-order valence-corrected chi connectivity index (χ3v) is 6.76. The van der Waals surface area contributed by atoms with E-state index in [1.807, 2.05) is 0 Å². The van der Waals surface area contributed by atoms with Crippen molar-refractivity contribution < 1.29 is 9.90 Å². The van der Waals surface area contributed by atoms with E-state index < -0.39 is 0 Å². The molecule has 29 heavy (non-hydrogen) atoms. The predicted molar refractivity (Wildman–Crippen MR) is 119 cm³/mol. The SMILES string of the molecule is CCc1cc(CN2CCC(C(=O)N3CCCC(C)C3)CC2)c(O)c(C(C)(C)C)c1. The Morgan fingerprint density at radius 2 is 1.83 bits per heavy atom. The number of phenolic OH excluding ortho intramolecular Hbond substituents is 1. The number of aryl methyl sites for hydroxylation is 1. The molecule has 1 atom stereocenters. The first-order valence-corrected chi connectivity index (χ1v) is 11.6. The van der Waals surface area contributed by atoms with E-state index >= 15 is 0 Å². The number of hydrogen-bond donors (Lipinski definition) is 1. The number of rotatable bonds is 4. The van der Waals surface area contributed by atoms with Crippen molar-refractivity contribution in [3.63, 3.8) is 0 Å². The molecule has 4 nitrogen and oxygen atoms in total. The number of likely N-dealkylation sites (tertiary alicyclic amines) is 2. The van der Waals surface area contributed by atoms with Crippen molar-refractivity contribution in [3.05, 3.63) is 28.8 Å². The van der Waals surface area contributed by atoms with Crippen LogP contribution in [0.2, 0.25) is 0 Å². The highest BCUT2D eigenvalue weighted by Gasteiger charge is 2.31. The Morgan fingerprint density at radius 1 is 1.14 bits per heavy atom. The van der Waals surface area contributed by atoms with E-state index in [-0.39, 0.29) is 11.3 Å². The quantitative estimate of drug-likeness (QED) is 0.795. The molecule has 2 heterocycles. The number of phenols is 1. The molecule has 0 saturated carbocycles. The zero-order valence-electron chi connectivity index (χ0n) is 19.1. The van der Waals surface area contributed by atoms with Crippen LogP contribution in [0.1, 0.15) is 77.0 Å². The second kappa shape index (κ2) is 9.07. The largest absolute Gasteiger partial charge is 0.507 e. The molecule has 1 aromatic rings. The summed E-state index contributed by atoms with van der Waals surface area (Å²) in [6, 6.07) is 4.32. The maximum absolute atomic E-state index is 12.9. The molecule has 4 heteroatoms. The van der Waals surface area contributed by atoms with Gasteiger partial charge in [0.2, 0.25) is 5.91 Å². The minimum atomic E-state index is -0.0744. The summed E-state index contributed by atoms with van der Waals surface area (Å²) in [5, 5.41) is 10.9. The molecule has 3 rings (SSSR count). The Bertz CT molecular complexity index is 714. The molecule has 2 aliphatic rings. The third kappa shape index (κ3) is 5.33. The maximum Gasteiger partial charge on any atom is 0.225 e. The van der Waals surface area contributed by atoms with Gasteiger partial charge in [-0.25, -0.2) is 0 Å². The number of nitrogens with zero attached hydrogens (tertiary/aromatic N) is 2. The van der Waals surface area contributed by atoms with Gasteiger partial charge in [-0.2, -0.15) is 0 Å². The highest BCUT2D eigenvalue weighted by atomic mass is 16.3. The average molecular weight is 401 g/mol. The number of amides is 1. The monoisotopic (exact) mass is 400 g/mol. The second-order valence-electron chi connectivity index (χ2n) is 10.3. The lowest BCUT2D eigenvalue weighted by molar-refractivity contribution is -0.138. The third-order valence-electron chi connectivity index (χ3n) is 6.76. The van der Waals surface area contributed by atoms with E-state index in [1.54, 1.807) is 0 Å². The van der Waals surface area contributed by atoms with E-state index in [2.05, 4.69) is 56.6 Å². The molecule has 1 unspecified atom stereocenters. The first-order chi connectivity index (χ1) is 13.7. The summed E-state index contributed by atoms with van der Waals surface area (Å²) >= 11 is 0. The summed E-state index contributed by atoms with van der Waals surface area (Å²) in [4.78, 5) is 17.4. The molecule has 0 spiro atoms. The van der Waals surface area contributed by atoms with Gasteiger partial charge in [0, 0.05) is 31.1 Å². The summed E-state index contributed by atoms with van der Waals surface area (Å²) in [6.45, 7) is 15.4. The Balaban J connectivity index is 1.63. The first-order valence-electron chi connectivity index (χ1n) is 11.6. The number of piperidine rings is 2.